The van der Waals surface area contributed by atoms with Crippen molar-refractivity contribution < 1.29 is 13.6 Å². The molecule has 1 atom stereocenters. The normalized spacial score (nSPS) is 24.2. The molecule has 0 aromatic heterocycles. The second-order valence-electron chi connectivity index (χ2n) is 3.66. The first-order valence-corrected chi connectivity index (χ1v) is 4.93. The van der Waals surface area contributed by atoms with E-state index in [9.17, 15) is 13.6 Å². The Balaban J connectivity index is 2.51. The summed E-state index contributed by atoms with van der Waals surface area (Å²) >= 11 is 4.77. The van der Waals surface area contributed by atoms with Crippen LogP contribution in [0.15, 0.2) is 18.2 Å². The summed E-state index contributed by atoms with van der Waals surface area (Å²) < 4.78 is 26.3. The summed E-state index contributed by atoms with van der Waals surface area (Å²) in [6.07, 6.45) is 0. The predicted octanol–water partition coefficient (Wildman–Crippen LogP) is 1.18. The van der Waals surface area contributed by atoms with Gasteiger partial charge in [0.15, 0.2) is 5.11 Å². The number of benzene rings is 1. The first-order chi connectivity index (χ1) is 7.43. The minimum absolute atomic E-state index is 0.0613. The molecule has 0 saturated carbocycles. The maximum Gasteiger partial charge on any atom is 0.256 e. The van der Waals surface area contributed by atoms with E-state index < -0.39 is 23.1 Å². The Labute approximate surface area is 95.8 Å². The topological polar surface area (TPSA) is 41.1 Å². The molecule has 1 heterocycles. The lowest BCUT2D eigenvalue weighted by molar-refractivity contribution is -0.123. The van der Waals surface area contributed by atoms with Crippen molar-refractivity contribution in [2.24, 2.45) is 0 Å². The van der Waals surface area contributed by atoms with Crippen LogP contribution in [0.3, 0.4) is 0 Å². The molecule has 2 N–H and O–H groups in total. The van der Waals surface area contributed by atoms with Crippen molar-refractivity contribution in [3.8, 4) is 0 Å². The van der Waals surface area contributed by atoms with Crippen LogP contribution in [0.1, 0.15) is 12.5 Å². The first kappa shape index (κ1) is 10.9. The van der Waals surface area contributed by atoms with E-state index in [1.165, 1.54) is 13.0 Å². The zero-order chi connectivity index (χ0) is 11.9. The van der Waals surface area contributed by atoms with Crippen LogP contribution < -0.4 is 10.6 Å². The molecule has 2 rings (SSSR count). The Kier molecular flexibility index (Phi) is 2.38. The minimum atomic E-state index is -1.28. The van der Waals surface area contributed by atoms with E-state index in [2.05, 4.69) is 10.6 Å². The molecule has 1 aromatic carbocycles. The standard InChI is InChI=1S/C10H8F2N2OS/c1-10(8(15)13-9(16)14-10)6-3-2-5(11)4-7(6)12/h2-4H,1H3,(H2,13,14,15,16). The summed E-state index contributed by atoms with van der Waals surface area (Å²) in [6, 6.07) is 3.06. The number of hydrogen-bond acceptors (Lipinski definition) is 2. The van der Waals surface area contributed by atoms with Gasteiger partial charge in [0, 0.05) is 11.6 Å². The van der Waals surface area contributed by atoms with Gasteiger partial charge < -0.3 is 10.6 Å². The van der Waals surface area contributed by atoms with Gasteiger partial charge >= 0.3 is 0 Å². The van der Waals surface area contributed by atoms with Crippen molar-refractivity contribution in [3.63, 3.8) is 0 Å². The zero-order valence-electron chi connectivity index (χ0n) is 8.30. The molecule has 16 heavy (non-hydrogen) atoms. The van der Waals surface area contributed by atoms with Gasteiger partial charge in [-0.3, -0.25) is 4.79 Å². The third-order valence-corrected chi connectivity index (χ3v) is 2.72. The molecular weight excluding hydrogens is 234 g/mol. The van der Waals surface area contributed by atoms with Crippen LogP contribution in [-0.4, -0.2) is 11.0 Å². The van der Waals surface area contributed by atoms with Gasteiger partial charge in [0.25, 0.3) is 5.91 Å². The summed E-state index contributed by atoms with van der Waals surface area (Å²) in [7, 11) is 0. The second kappa shape index (κ2) is 3.48. The van der Waals surface area contributed by atoms with Crippen LogP contribution >= 0.6 is 12.2 Å². The smallest absolute Gasteiger partial charge is 0.256 e. The molecule has 0 bridgehead atoms. The molecule has 1 saturated heterocycles. The van der Waals surface area contributed by atoms with E-state index in [1.54, 1.807) is 0 Å². The number of halogens is 2. The fourth-order valence-electron chi connectivity index (χ4n) is 1.63. The Morgan fingerprint density at radius 2 is 2.06 bits per heavy atom. The average molecular weight is 242 g/mol. The van der Waals surface area contributed by atoms with Gasteiger partial charge in [-0.1, -0.05) is 6.07 Å². The van der Waals surface area contributed by atoms with Crippen molar-refractivity contribution in [1.82, 2.24) is 10.6 Å². The van der Waals surface area contributed by atoms with Gasteiger partial charge in [0.2, 0.25) is 0 Å². The van der Waals surface area contributed by atoms with E-state index >= 15 is 0 Å². The van der Waals surface area contributed by atoms with Crippen molar-refractivity contribution in [3.05, 3.63) is 35.4 Å². The minimum Gasteiger partial charge on any atom is -0.345 e. The van der Waals surface area contributed by atoms with Crippen LogP contribution in [0.2, 0.25) is 0 Å². The highest BCUT2D eigenvalue weighted by Gasteiger charge is 2.43. The Hall–Kier alpha value is -1.56. The summed E-state index contributed by atoms with van der Waals surface area (Å²) in [6.45, 7) is 1.48. The molecule has 0 radical (unpaired) electrons. The molecule has 1 unspecified atom stereocenters. The lowest BCUT2D eigenvalue weighted by Gasteiger charge is -2.22. The number of thiocarbonyl (C=S) groups is 1. The number of nitrogens with one attached hydrogen (secondary N) is 2. The molecule has 0 spiro atoms. The summed E-state index contributed by atoms with van der Waals surface area (Å²) in [5, 5.41) is 5.17. The highest BCUT2D eigenvalue weighted by molar-refractivity contribution is 7.80. The Morgan fingerprint density at radius 3 is 2.56 bits per heavy atom. The van der Waals surface area contributed by atoms with Crippen molar-refractivity contribution >= 4 is 23.2 Å². The van der Waals surface area contributed by atoms with Crippen LogP contribution in [-0.2, 0) is 10.3 Å². The first-order valence-electron chi connectivity index (χ1n) is 4.52. The quantitative estimate of drug-likeness (QED) is 0.727. The summed E-state index contributed by atoms with van der Waals surface area (Å²) in [5.74, 6) is -1.93. The van der Waals surface area contributed by atoms with Crippen LogP contribution in [0.5, 0.6) is 0 Å². The molecule has 0 aliphatic carbocycles. The molecular formula is C10H8F2N2OS. The maximum atomic E-state index is 13.5. The second-order valence-corrected chi connectivity index (χ2v) is 4.07. The van der Waals surface area contributed by atoms with Gasteiger partial charge in [0.05, 0.1) is 0 Å². The number of carbonyl (C=O) groups excluding carboxylic acids is 1. The molecule has 1 aromatic rings. The van der Waals surface area contributed by atoms with E-state index in [1.807, 2.05) is 0 Å². The zero-order valence-corrected chi connectivity index (χ0v) is 9.12. The number of hydrogen-bond donors (Lipinski definition) is 2. The lowest BCUT2D eigenvalue weighted by atomic mass is 9.92. The SMILES string of the molecule is CC1(c2ccc(F)cc2F)NC(=S)NC1=O. The largest absolute Gasteiger partial charge is 0.345 e. The van der Waals surface area contributed by atoms with Crippen molar-refractivity contribution in [2.75, 3.05) is 0 Å². The van der Waals surface area contributed by atoms with Crippen LogP contribution in [0, 0.1) is 11.6 Å². The molecule has 1 aliphatic rings. The predicted molar refractivity (Wildman–Crippen MR) is 57.6 cm³/mol. The van der Waals surface area contributed by atoms with Gasteiger partial charge in [-0.05, 0) is 25.2 Å². The van der Waals surface area contributed by atoms with Crippen LogP contribution in [0.4, 0.5) is 8.78 Å². The Morgan fingerprint density at radius 1 is 1.38 bits per heavy atom. The number of carbonyl (C=O) groups is 1. The molecule has 84 valence electrons. The van der Waals surface area contributed by atoms with E-state index in [-0.39, 0.29) is 10.7 Å². The molecule has 6 heteroatoms. The van der Waals surface area contributed by atoms with Crippen molar-refractivity contribution in [1.29, 1.82) is 0 Å². The van der Waals surface area contributed by atoms with Gasteiger partial charge in [-0.15, -0.1) is 0 Å². The van der Waals surface area contributed by atoms with Crippen molar-refractivity contribution in [2.45, 2.75) is 12.5 Å². The average Bonchev–Trinajstić information content (AvgIpc) is 2.40. The number of amides is 1. The third kappa shape index (κ3) is 1.55. The van der Waals surface area contributed by atoms with Gasteiger partial charge in [-0.25, -0.2) is 8.78 Å². The maximum absolute atomic E-state index is 13.5. The number of rotatable bonds is 1. The van der Waals surface area contributed by atoms with E-state index in [0.29, 0.717) is 0 Å². The summed E-state index contributed by atoms with van der Waals surface area (Å²) in [4.78, 5) is 11.6. The third-order valence-electron chi connectivity index (χ3n) is 2.51. The van der Waals surface area contributed by atoms with E-state index in [4.69, 9.17) is 12.2 Å². The molecule has 1 amide bonds. The van der Waals surface area contributed by atoms with E-state index in [0.717, 1.165) is 12.1 Å². The molecule has 1 aliphatic heterocycles. The molecule has 3 nitrogen and oxygen atoms in total. The highest BCUT2D eigenvalue weighted by atomic mass is 32.1. The van der Waals surface area contributed by atoms with Crippen LogP contribution in [0.25, 0.3) is 0 Å². The Bertz CT molecular complexity index is 492. The lowest BCUT2D eigenvalue weighted by Crippen LogP contribution is -2.41. The molecule has 1 fully saturated rings. The monoisotopic (exact) mass is 242 g/mol. The summed E-state index contributed by atoms with van der Waals surface area (Å²) in [5.41, 5.74) is -1.22. The highest BCUT2D eigenvalue weighted by Crippen LogP contribution is 2.27. The fourth-order valence-corrected chi connectivity index (χ4v) is 1.92. The van der Waals surface area contributed by atoms with Gasteiger partial charge in [0.1, 0.15) is 17.2 Å². The fraction of sp³-hybridized carbons (Fsp3) is 0.200. The van der Waals surface area contributed by atoms with Gasteiger partial charge in [-0.2, -0.15) is 0 Å².